The Bertz CT molecular complexity index is 494. The summed E-state index contributed by atoms with van der Waals surface area (Å²) in [5, 5.41) is 0. The average Bonchev–Trinajstić information content (AvgIpc) is 2.49. The van der Waals surface area contributed by atoms with Crippen molar-refractivity contribution in [2.75, 3.05) is 13.2 Å². The Balaban J connectivity index is 1.67. The van der Waals surface area contributed by atoms with E-state index in [4.69, 9.17) is 9.47 Å². The molecule has 0 aliphatic rings. The minimum absolute atomic E-state index is 0.586. The Labute approximate surface area is 121 Å². The van der Waals surface area contributed by atoms with Gasteiger partial charge in [0.1, 0.15) is 12.4 Å². The summed E-state index contributed by atoms with van der Waals surface area (Å²) < 4.78 is 11.3. The molecule has 2 aromatic carbocycles. The van der Waals surface area contributed by atoms with Gasteiger partial charge in [0.05, 0.1) is 13.2 Å². The van der Waals surface area contributed by atoms with Crippen LogP contribution in [0.3, 0.4) is 0 Å². The summed E-state index contributed by atoms with van der Waals surface area (Å²) in [5.41, 5.74) is 2.52. The molecule has 0 saturated heterocycles. The molecule has 20 heavy (non-hydrogen) atoms. The summed E-state index contributed by atoms with van der Waals surface area (Å²) in [6.45, 7) is 4.01. The van der Waals surface area contributed by atoms with Crippen molar-refractivity contribution in [2.45, 2.75) is 26.4 Å². The third-order valence-corrected chi connectivity index (χ3v) is 3.05. The standard InChI is InChI=1S/C18H22O2/c1-2-7-16-10-6-11-18(14-16)20-13-12-19-15-17-8-4-3-5-9-17/h3-6,8-11,14H,2,7,12-13,15H2,1H3. The highest BCUT2D eigenvalue weighted by Gasteiger charge is 1.97. The topological polar surface area (TPSA) is 18.5 Å². The average molecular weight is 270 g/mol. The molecule has 0 spiro atoms. The van der Waals surface area contributed by atoms with Crippen molar-refractivity contribution in [3.8, 4) is 5.75 Å². The van der Waals surface area contributed by atoms with E-state index in [1.54, 1.807) is 0 Å². The number of hydrogen-bond acceptors (Lipinski definition) is 2. The van der Waals surface area contributed by atoms with Crippen molar-refractivity contribution in [3.05, 3.63) is 65.7 Å². The molecule has 0 fully saturated rings. The minimum Gasteiger partial charge on any atom is -0.491 e. The third-order valence-electron chi connectivity index (χ3n) is 3.05. The molecule has 0 aliphatic carbocycles. The SMILES string of the molecule is CCCc1cccc(OCCOCc2ccccc2)c1. The van der Waals surface area contributed by atoms with Crippen molar-refractivity contribution in [3.63, 3.8) is 0 Å². The number of aryl methyl sites for hydroxylation is 1. The molecular formula is C18H22O2. The van der Waals surface area contributed by atoms with Crippen LogP contribution >= 0.6 is 0 Å². The highest BCUT2D eigenvalue weighted by atomic mass is 16.5. The van der Waals surface area contributed by atoms with Crippen LogP contribution in [0.25, 0.3) is 0 Å². The lowest BCUT2D eigenvalue weighted by atomic mass is 10.1. The second-order valence-corrected chi connectivity index (χ2v) is 4.78. The maximum atomic E-state index is 5.71. The van der Waals surface area contributed by atoms with Crippen LogP contribution in [0.2, 0.25) is 0 Å². The predicted octanol–water partition coefficient (Wildman–Crippen LogP) is 4.23. The van der Waals surface area contributed by atoms with E-state index in [1.165, 1.54) is 11.1 Å². The summed E-state index contributed by atoms with van der Waals surface area (Å²) in [5.74, 6) is 0.930. The molecule has 0 bridgehead atoms. The largest absolute Gasteiger partial charge is 0.491 e. The van der Waals surface area contributed by atoms with Crippen LogP contribution in [-0.2, 0) is 17.8 Å². The van der Waals surface area contributed by atoms with Gasteiger partial charge in [-0.25, -0.2) is 0 Å². The zero-order valence-electron chi connectivity index (χ0n) is 12.0. The van der Waals surface area contributed by atoms with Crippen LogP contribution in [0.15, 0.2) is 54.6 Å². The highest BCUT2D eigenvalue weighted by Crippen LogP contribution is 2.14. The van der Waals surface area contributed by atoms with Gasteiger partial charge in [-0.2, -0.15) is 0 Å². The van der Waals surface area contributed by atoms with E-state index in [2.05, 4.69) is 31.2 Å². The van der Waals surface area contributed by atoms with Crippen molar-refractivity contribution in [2.24, 2.45) is 0 Å². The van der Waals surface area contributed by atoms with Gasteiger partial charge in [-0.15, -0.1) is 0 Å². The van der Waals surface area contributed by atoms with Crippen LogP contribution in [0, 0.1) is 0 Å². The van der Waals surface area contributed by atoms with E-state index in [9.17, 15) is 0 Å². The molecule has 0 unspecified atom stereocenters. The van der Waals surface area contributed by atoms with Gasteiger partial charge in [0.15, 0.2) is 0 Å². The van der Waals surface area contributed by atoms with Crippen molar-refractivity contribution >= 4 is 0 Å². The number of benzene rings is 2. The predicted molar refractivity (Wildman–Crippen MR) is 82.0 cm³/mol. The van der Waals surface area contributed by atoms with Gasteiger partial charge in [0.2, 0.25) is 0 Å². The summed E-state index contributed by atoms with van der Waals surface area (Å²) >= 11 is 0. The van der Waals surface area contributed by atoms with Gasteiger partial charge in [0.25, 0.3) is 0 Å². The molecule has 2 heteroatoms. The second kappa shape index (κ2) is 8.39. The molecule has 0 saturated carbocycles. The molecule has 0 heterocycles. The van der Waals surface area contributed by atoms with Gasteiger partial charge in [-0.1, -0.05) is 55.8 Å². The first-order valence-electron chi connectivity index (χ1n) is 7.22. The number of rotatable bonds is 8. The summed E-state index contributed by atoms with van der Waals surface area (Å²) in [6.07, 6.45) is 2.26. The minimum atomic E-state index is 0.586. The van der Waals surface area contributed by atoms with Gasteiger partial charge in [-0.3, -0.25) is 0 Å². The van der Waals surface area contributed by atoms with E-state index in [0.29, 0.717) is 19.8 Å². The molecule has 0 aromatic heterocycles. The zero-order chi connectivity index (χ0) is 14.0. The van der Waals surface area contributed by atoms with Gasteiger partial charge < -0.3 is 9.47 Å². The molecule has 2 nitrogen and oxygen atoms in total. The molecule has 106 valence electrons. The van der Waals surface area contributed by atoms with Gasteiger partial charge >= 0.3 is 0 Å². The molecule has 0 atom stereocenters. The summed E-state index contributed by atoms with van der Waals surface area (Å²) in [6, 6.07) is 18.5. The second-order valence-electron chi connectivity index (χ2n) is 4.78. The first-order valence-corrected chi connectivity index (χ1v) is 7.22. The summed E-state index contributed by atoms with van der Waals surface area (Å²) in [7, 11) is 0. The normalized spacial score (nSPS) is 10.4. The van der Waals surface area contributed by atoms with Gasteiger partial charge in [0, 0.05) is 0 Å². The molecule has 0 aliphatic heterocycles. The molecular weight excluding hydrogens is 248 g/mol. The van der Waals surface area contributed by atoms with Gasteiger partial charge in [-0.05, 0) is 29.7 Å². The number of ether oxygens (including phenoxy) is 2. The lowest BCUT2D eigenvalue weighted by Crippen LogP contribution is -2.06. The van der Waals surface area contributed by atoms with Crippen LogP contribution in [-0.4, -0.2) is 13.2 Å². The molecule has 0 amide bonds. The van der Waals surface area contributed by atoms with E-state index in [-0.39, 0.29) is 0 Å². The first-order chi connectivity index (χ1) is 9.88. The van der Waals surface area contributed by atoms with Crippen LogP contribution in [0.1, 0.15) is 24.5 Å². The smallest absolute Gasteiger partial charge is 0.119 e. The summed E-state index contributed by atoms with van der Waals surface area (Å²) in [4.78, 5) is 0. The Hall–Kier alpha value is -1.80. The first kappa shape index (κ1) is 14.6. The van der Waals surface area contributed by atoms with Crippen molar-refractivity contribution in [1.82, 2.24) is 0 Å². The van der Waals surface area contributed by atoms with E-state index in [0.717, 1.165) is 18.6 Å². The fourth-order valence-corrected chi connectivity index (χ4v) is 2.06. The Morgan fingerprint density at radius 1 is 0.850 bits per heavy atom. The Kier molecular flexibility index (Phi) is 6.12. The maximum absolute atomic E-state index is 5.71. The quantitative estimate of drug-likeness (QED) is 0.668. The fourth-order valence-electron chi connectivity index (χ4n) is 2.06. The molecule has 2 rings (SSSR count). The number of hydrogen-bond donors (Lipinski definition) is 0. The lowest BCUT2D eigenvalue weighted by molar-refractivity contribution is 0.0889. The maximum Gasteiger partial charge on any atom is 0.119 e. The molecule has 0 radical (unpaired) electrons. The highest BCUT2D eigenvalue weighted by molar-refractivity contribution is 5.28. The van der Waals surface area contributed by atoms with E-state index in [1.807, 2.05) is 30.3 Å². The third kappa shape index (κ3) is 5.06. The van der Waals surface area contributed by atoms with Crippen LogP contribution < -0.4 is 4.74 Å². The molecule has 2 aromatic rings. The zero-order valence-corrected chi connectivity index (χ0v) is 12.0. The monoisotopic (exact) mass is 270 g/mol. The molecule has 0 N–H and O–H groups in total. The van der Waals surface area contributed by atoms with Crippen LogP contribution in [0.4, 0.5) is 0 Å². The van der Waals surface area contributed by atoms with Crippen molar-refractivity contribution < 1.29 is 9.47 Å². The Morgan fingerprint density at radius 2 is 1.65 bits per heavy atom. The fraction of sp³-hybridized carbons (Fsp3) is 0.333. The van der Waals surface area contributed by atoms with Crippen molar-refractivity contribution in [1.29, 1.82) is 0 Å². The van der Waals surface area contributed by atoms with E-state index < -0.39 is 0 Å². The van der Waals surface area contributed by atoms with Crippen LogP contribution in [0.5, 0.6) is 5.75 Å². The van der Waals surface area contributed by atoms with E-state index >= 15 is 0 Å². The Morgan fingerprint density at radius 3 is 2.45 bits per heavy atom. The lowest BCUT2D eigenvalue weighted by Gasteiger charge is -2.08.